The fourth-order valence-electron chi connectivity index (χ4n) is 2.80. The quantitative estimate of drug-likeness (QED) is 0.876. The maximum absolute atomic E-state index is 13.5. The van der Waals surface area contributed by atoms with Gasteiger partial charge in [-0.05, 0) is 11.1 Å². The maximum Gasteiger partial charge on any atom is 0.423 e. The van der Waals surface area contributed by atoms with Gasteiger partial charge in [0.05, 0.1) is 6.04 Å². The van der Waals surface area contributed by atoms with E-state index in [1.54, 1.807) is 11.0 Å². The monoisotopic (exact) mass is 307 g/mol. The van der Waals surface area contributed by atoms with Gasteiger partial charge in [-0.1, -0.05) is 60.7 Å². The lowest BCUT2D eigenvalue weighted by Crippen LogP contribution is -2.48. The summed E-state index contributed by atoms with van der Waals surface area (Å²) < 4.78 is 40.5. The second-order valence-electron chi connectivity index (χ2n) is 5.56. The number of hydrogen-bond donors (Lipinski definition) is 1. The first-order valence-electron chi connectivity index (χ1n) is 7.05. The molecule has 1 fully saturated rings. The molecule has 5 heteroatoms. The normalized spacial score (nSPS) is 23.8. The SMILES string of the molecule is OC(c1ccccc1)(C1CN1Cc1ccccc1)C(F)(F)F. The zero-order valence-electron chi connectivity index (χ0n) is 11.8. The minimum atomic E-state index is -4.72. The highest BCUT2D eigenvalue weighted by Crippen LogP contribution is 2.48. The number of alkyl halides is 3. The van der Waals surface area contributed by atoms with Crippen molar-refractivity contribution in [3.63, 3.8) is 0 Å². The Bertz CT molecular complexity index is 629. The van der Waals surface area contributed by atoms with Crippen molar-refractivity contribution in [1.29, 1.82) is 0 Å². The van der Waals surface area contributed by atoms with Gasteiger partial charge in [0.2, 0.25) is 5.60 Å². The van der Waals surface area contributed by atoms with E-state index < -0.39 is 17.8 Å². The zero-order valence-corrected chi connectivity index (χ0v) is 11.8. The van der Waals surface area contributed by atoms with Crippen LogP contribution in [0.15, 0.2) is 60.7 Å². The Labute approximate surface area is 126 Å². The lowest BCUT2D eigenvalue weighted by atomic mass is 9.89. The molecule has 1 aliphatic heterocycles. The van der Waals surface area contributed by atoms with E-state index in [-0.39, 0.29) is 12.1 Å². The van der Waals surface area contributed by atoms with E-state index in [2.05, 4.69) is 0 Å². The van der Waals surface area contributed by atoms with Crippen LogP contribution < -0.4 is 0 Å². The van der Waals surface area contributed by atoms with E-state index in [4.69, 9.17) is 0 Å². The minimum Gasteiger partial charge on any atom is -0.375 e. The molecule has 2 nitrogen and oxygen atoms in total. The summed E-state index contributed by atoms with van der Waals surface area (Å²) in [5, 5.41) is 10.4. The van der Waals surface area contributed by atoms with Crippen LogP contribution in [0.1, 0.15) is 11.1 Å². The summed E-state index contributed by atoms with van der Waals surface area (Å²) >= 11 is 0. The second-order valence-corrected chi connectivity index (χ2v) is 5.56. The summed E-state index contributed by atoms with van der Waals surface area (Å²) in [5.74, 6) is 0. The molecule has 1 N–H and O–H groups in total. The largest absolute Gasteiger partial charge is 0.423 e. The minimum absolute atomic E-state index is 0.108. The van der Waals surface area contributed by atoms with Gasteiger partial charge in [-0.15, -0.1) is 0 Å². The summed E-state index contributed by atoms with van der Waals surface area (Å²) in [6.45, 7) is 0.622. The van der Waals surface area contributed by atoms with Crippen molar-refractivity contribution < 1.29 is 18.3 Å². The Morgan fingerprint density at radius 2 is 1.50 bits per heavy atom. The van der Waals surface area contributed by atoms with Gasteiger partial charge in [0.25, 0.3) is 0 Å². The number of aliphatic hydroxyl groups is 1. The van der Waals surface area contributed by atoms with Crippen LogP contribution in [-0.4, -0.2) is 28.8 Å². The molecule has 0 spiro atoms. The van der Waals surface area contributed by atoms with Crippen LogP contribution in [0, 0.1) is 0 Å². The van der Waals surface area contributed by atoms with Crippen molar-refractivity contribution >= 4 is 0 Å². The number of benzene rings is 2. The molecular formula is C17H16F3NO. The molecule has 0 aliphatic carbocycles. The molecule has 1 heterocycles. The van der Waals surface area contributed by atoms with Crippen LogP contribution in [0.3, 0.4) is 0 Å². The van der Waals surface area contributed by atoms with Crippen molar-refractivity contribution in [2.45, 2.75) is 24.4 Å². The Morgan fingerprint density at radius 1 is 0.955 bits per heavy atom. The Balaban J connectivity index is 1.84. The lowest BCUT2D eigenvalue weighted by molar-refractivity contribution is -0.269. The van der Waals surface area contributed by atoms with Crippen LogP contribution in [0.2, 0.25) is 0 Å². The molecule has 1 saturated heterocycles. The van der Waals surface area contributed by atoms with Gasteiger partial charge in [0.15, 0.2) is 0 Å². The molecule has 22 heavy (non-hydrogen) atoms. The Kier molecular flexibility index (Phi) is 3.70. The molecule has 1 aliphatic rings. The van der Waals surface area contributed by atoms with E-state index >= 15 is 0 Å². The van der Waals surface area contributed by atoms with E-state index in [0.717, 1.165) is 5.56 Å². The predicted molar refractivity (Wildman–Crippen MR) is 77.0 cm³/mol. The second kappa shape index (κ2) is 5.41. The molecule has 0 saturated carbocycles. The van der Waals surface area contributed by atoms with Crippen LogP contribution in [0.5, 0.6) is 0 Å². The van der Waals surface area contributed by atoms with Gasteiger partial charge in [0.1, 0.15) is 0 Å². The van der Waals surface area contributed by atoms with Crippen molar-refractivity contribution in [3.8, 4) is 0 Å². The lowest BCUT2D eigenvalue weighted by Gasteiger charge is -2.31. The van der Waals surface area contributed by atoms with E-state index in [1.807, 2.05) is 30.3 Å². The van der Waals surface area contributed by atoms with Crippen LogP contribution in [-0.2, 0) is 12.1 Å². The van der Waals surface area contributed by atoms with Gasteiger partial charge >= 0.3 is 6.18 Å². The molecule has 2 aromatic rings. The van der Waals surface area contributed by atoms with Gasteiger partial charge in [-0.25, -0.2) is 0 Å². The predicted octanol–water partition coefficient (Wildman–Crippen LogP) is 3.32. The number of rotatable bonds is 4. The summed E-state index contributed by atoms with van der Waals surface area (Å²) in [4.78, 5) is 1.63. The third kappa shape index (κ3) is 2.62. The fraction of sp³-hybridized carbons (Fsp3) is 0.294. The Morgan fingerprint density at radius 3 is 2.05 bits per heavy atom. The van der Waals surface area contributed by atoms with Crippen LogP contribution >= 0.6 is 0 Å². The molecule has 3 atom stereocenters. The maximum atomic E-state index is 13.5. The van der Waals surface area contributed by atoms with E-state index in [9.17, 15) is 18.3 Å². The van der Waals surface area contributed by atoms with Gasteiger partial charge in [-0.2, -0.15) is 13.2 Å². The first-order valence-corrected chi connectivity index (χ1v) is 7.05. The van der Waals surface area contributed by atoms with Crippen LogP contribution in [0.4, 0.5) is 13.2 Å². The zero-order chi connectivity index (χ0) is 15.8. The Hall–Kier alpha value is -1.85. The molecular weight excluding hydrogens is 291 g/mol. The first kappa shape index (κ1) is 15.1. The van der Waals surface area contributed by atoms with Crippen molar-refractivity contribution in [2.24, 2.45) is 0 Å². The summed E-state index contributed by atoms with van der Waals surface area (Å²) in [5.41, 5.74) is -2.01. The van der Waals surface area contributed by atoms with E-state index in [0.29, 0.717) is 6.54 Å². The molecule has 0 radical (unpaired) electrons. The first-order chi connectivity index (χ1) is 10.4. The molecule has 0 amide bonds. The number of nitrogens with zero attached hydrogens (tertiary/aromatic N) is 1. The summed E-state index contributed by atoms with van der Waals surface area (Å²) in [6.07, 6.45) is -4.72. The topological polar surface area (TPSA) is 23.2 Å². The molecule has 3 unspecified atom stereocenters. The van der Waals surface area contributed by atoms with Crippen molar-refractivity contribution in [3.05, 3.63) is 71.8 Å². The highest BCUT2D eigenvalue weighted by atomic mass is 19.4. The molecule has 116 valence electrons. The van der Waals surface area contributed by atoms with Gasteiger partial charge < -0.3 is 5.11 Å². The molecule has 0 aromatic heterocycles. The highest BCUT2D eigenvalue weighted by molar-refractivity contribution is 5.30. The third-order valence-electron chi connectivity index (χ3n) is 4.07. The van der Waals surface area contributed by atoms with Crippen molar-refractivity contribution in [2.75, 3.05) is 6.54 Å². The van der Waals surface area contributed by atoms with Gasteiger partial charge in [0, 0.05) is 13.1 Å². The smallest absolute Gasteiger partial charge is 0.375 e. The molecule has 2 aromatic carbocycles. The van der Waals surface area contributed by atoms with Crippen LogP contribution in [0.25, 0.3) is 0 Å². The number of halogens is 3. The summed E-state index contributed by atoms with van der Waals surface area (Å²) in [6, 6.07) is 15.6. The average molecular weight is 307 g/mol. The molecule has 0 bridgehead atoms. The fourth-order valence-corrected chi connectivity index (χ4v) is 2.80. The summed E-state index contributed by atoms with van der Waals surface area (Å²) in [7, 11) is 0. The molecule has 3 rings (SSSR count). The van der Waals surface area contributed by atoms with Gasteiger partial charge in [-0.3, -0.25) is 4.90 Å². The standard InChI is InChI=1S/C17H16F3NO/c18-17(19,20)16(22,14-9-5-2-6-10-14)15-12-21(15)11-13-7-3-1-4-8-13/h1-10,15,22H,11-12H2. The van der Waals surface area contributed by atoms with Crippen molar-refractivity contribution in [1.82, 2.24) is 4.90 Å². The highest BCUT2D eigenvalue weighted by Gasteiger charge is 2.65. The number of hydrogen-bond acceptors (Lipinski definition) is 2. The third-order valence-corrected chi connectivity index (χ3v) is 4.07. The van der Waals surface area contributed by atoms with E-state index in [1.165, 1.54) is 24.3 Å². The average Bonchev–Trinajstić information content (AvgIpc) is 3.27.